The van der Waals surface area contributed by atoms with Crippen LogP contribution >= 0.6 is 0 Å². The third-order valence-electron chi connectivity index (χ3n) is 4.38. The molecule has 0 saturated carbocycles. The Labute approximate surface area is 171 Å². The summed E-state index contributed by atoms with van der Waals surface area (Å²) in [6, 6.07) is 11.4. The van der Waals surface area contributed by atoms with E-state index in [2.05, 4.69) is 19.8 Å². The Bertz CT molecular complexity index is 1340. The van der Waals surface area contributed by atoms with Gasteiger partial charge in [0.2, 0.25) is 0 Å². The summed E-state index contributed by atoms with van der Waals surface area (Å²) >= 11 is 0. The molecule has 4 rings (SSSR count). The molecule has 0 amide bonds. The molecule has 0 aliphatic rings. The second-order valence-corrected chi connectivity index (χ2v) is 6.49. The number of carbonyl (C=O) groups is 1. The van der Waals surface area contributed by atoms with Crippen LogP contribution in [0.15, 0.2) is 59.5 Å². The quantitative estimate of drug-likeness (QED) is 0.503. The number of carboxylic acid groups (broad SMARTS) is 1. The summed E-state index contributed by atoms with van der Waals surface area (Å²) in [4.78, 5) is 30.6. The lowest BCUT2D eigenvalue weighted by Gasteiger charge is -2.13. The van der Waals surface area contributed by atoms with E-state index in [4.69, 9.17) is 0 Å². The van der Waals surface area contributed by atoms with E-state index in [0.29, 0.717) is 5.69 Å². The van der Waals surface area contributed by atoms with Crippen LogP contribution in [0.25, 0.3) is 16.7 Å². The van der Waals surface area contributed by atoms with Gasteiger partial charge >= 0.3 is 12.3 Å². The molecular weight excluding hydrogens is 417 g/mol. The highest BCUT2D eigenvalue weighted by molar-refractivity contribution is 5.88. The number of ether oxygens (including phenoxy) is 1. The standard InChI is InChI=1S/C20H13F3N4O4/c21-20(22,23)31-15-7-2-1-4-11(15)9-16-25-17-14(18(28)26-16)10-24-27(17)13-6-3-5-12(8-13)19(29)30/h1-8,10H,9H2,(H,29,30)(H,25,26,28). The van der Waals surface area contributed by atoms with Crippen molar-refractivity contribution in [2.75, 3.05) is 0 Å². The number of nitrogens with one attached hydrogen (secondary N) is 1. The molecule has 0 radical (unpaired) electrons. The summed E-state index contributed by atoms with van der Waals surface area (Å²) in [6.45, 7) is 0. The van der Waals surface area contributed by atoms with Crippen LogP contribution in [0.5, 0.6) is 5.75 Å². The first-order valence-corrected chi connectivity index (χ1v) is 8.85. The van der Waals surface area contributed by atoms with E-state index >= 15 is 0 Å². The number of alkyl halides is 3. The number of para-hydroxylation sites is 1. The molecule has 0 atom stereocenters. The summed E-state index contributed by atoms with van der Waals surface area (Å²) in [5, 5.41) is 13.4. The van der Waals surface area contributed by atoms with E-state index in [1.165, 1.54) is 53.3 Å². The lowest BCUT2D eigenvalue weighted by Crippen LogP contribution is -2.18. The van der Waals surface area contributed by atoms with Crippen LogP contribution in [0.2, 0.25) is 0 Å². The summed E-state index contributed by atoms with van der Waals surface area (Å²) in [7, 11) is 0. The summed E-state index contributed by atoms with van der Waals surface area (Å²) in [5.74, 6) is -1.45. The minimum atomic E-state index is -4.87. The van der Waals surface area contributed by atoms with Crippen LogP contribution in [0, 0.1) is 0 Å². The second-order valence-electron chi connectivity index (χ2n) is 6.49. The van der Waals surface area contributed by atoms with Crippen molar-refractivity contribution >= 4 is 17.0 Å². The normalized spacial score (nSPS) is 11.6. The molecule has 0 bridgehead atoms. The summed E-state index contributed by atoms with van der Waals surface area (Å²) in [6.07, 6.45) is -3.73. The van der Waals surface area contributed by atoms with E-state index in [1.807, 2.05) is 0 Å². The van der Waals surface area contributed by atoms with Gasteiger partial charge in [0.1, 0.15) is 17.0 Å². The zero-order valence-corrected chi connectivity index (χ0v) is 15.6. The van der Waals surface area contributed by atoms with Crippen molar-refractivity contribution in [1.29, 1.82) is 0 Å². The smallest absolute Gasteiger partial charge is 0.478 e. The third-order valence-corrected chi connectivity index (χ3v) is 4.38. The molecule has 158 valence electrons. The number of rotatable bonds is 5. The number of fused-ring (bicyclic) bond motifs is 1. The van der Waals surface area contributed by atoms with Gasteiger partial charge in [0.05, 0.1) is 17.4 Å². The maximum absolute atomic E-state index is 12.7. The molecule has 2 aromatic heterocycles. The van der Waals surface area contributed by atoms with Crippen molar-refractivity contribution in [3.63, 3.8) is 0 Å². The van der Waals surface area contributed by atoms with Crippen molar-refractivity contribution in [2.45, 2.75) is 12.8 Å². The van der Waals surface area contributed by atoms with Gasteiger partial charge in [-0.15, -0.1) is 13.2 Å². The van der Waals surface area contributed by atoms with E-state index in [9.17, 15) is 27.9 Å². The molecule has 0 saturated heterocycles. The lowest BCUT2D eigenvalue weighted by molar-refractivity contribution is -0.274. The SMILES string of the molecule is O=C(O)c1cccc(-n2ncc3c(=O)[nH]c(Cc4ccccc4OC(F)(F)F)nc32)c1. The van der Waals surface area contributed by atoms with Gasteiger partial charge in [-0.3, -0.25) is 4.79 Å². The molecular formula is C20H13F3N4O4. The van der Waals surface area contributed by atoms with E-state index in [1.54, 1.807) is 6.07 Å². The summed E-state index contributed by atoms with van der Waals surface area (Å²) < 4.78 is 43.3. The molecule has 0 aliphatic heterocycles. The highest BCUT2D eigenvalue weighted by atomic mass is 19.4. The fourth-order valence-electron chi connectivity index (χ4n) is 3.06. The predicted octanol–water partition coefficient (Wildman–Crippen LogP) is 3.30. The molecule has 11 heteroatoms. The maximum atomic E-state index is 12.7. The minimum Gasteiger partial charge on any atom is -0.478 e. The Morgan fingerprint density at radius 1 is 1.16 bits per heavy atom. The number of hydrogen-bond donors (Lipinski definition) is 2. The Kier molecular flexibility index (Phi) is 4.93. The van der Waals surface area contributed by atoms with E-state index < -0.39 is 23.6 Å². The summed E-state index contributed by atoms with van der Waals surface area (Å²) in [5.41, 5.74) is 0.149. The molecule has 4 aromatic rings. The fraction of sp³-hybridized carbons (Fsp3) is 0.100. The van der Waals surface area contributed by atoms with Crippen LogP contribution in [0.1, 0.15) is 21.7 Å². The number of aromatic carboxylic acids is 1. The minimum absolute atomic E-state index is 0.0180. The average Bonchev–Trinajstić information content (AvgIpc) is 3.13. The van der Waals surface area contributed by atoms with Crippen molar-refractivity contribution in [1.82, 2.24) is 19.7 Å². The number of nitrogens with zero attached hydrogens (tertiary/aromatic N) is 3. The van der Waals surface area contributed by atoms with Crippen LogP contribution < -0.4 is 10.3 Å². The molecule has 0 unspecified atom stereocenters. The van der Waals surface area contributed by atoms with Gasteiger partial charge in [0.15, 0.2) is 5.65 Å². The van der Waals surface area contributed by atoms with Crippen LogP contribution in [-0.4, -0.2) is 37.2 Å². The van der Waals surface area contributed by atoms with Gasteiger partial charge < -0.3 is 14.8 Å². The van der Waals surface area contributed by atoms with Gasteiger partial charge in [-0.25, -0.2) is 14.5 Å². The highest BCUT2D eigenvalue weighted by Gasteiger charge is 2.32. The van der Waals surface area contributed by atoms with Crippen molar-refractivity contribution in [2.24, 2.45) is 0 Å². The number of hydrogen-bond acceptors (Lipinski definition) is 5. The van der Waals surface area contributed by atoms with E-state index in [-0.39, 0.29) is 34.4 Å². The molecule has 2 N–H and O–H groups in total. The average molecular weight is 430 g/mol. The Morgan fingerprint density at radius 2 is 1.94 bits per heavy atom. The molecule has 8 nitrogen and oxygen atoms in total. The van der Waals surface area contributed by atoms with Gasteiger partial charge in [-0.2, -0.15) is 5.10 Å². The molecule has 31 heavy (non-hydrogen) atoms. The van der Waals surface area contributed by atoms with Gasteiger partial charge in [-0.05, 0) is 24.3 Å². The fourth-order valence-corrected chi connectivity index (χ4v) is 3.06. The number of carboxylic acids is 1. The molecule has 2 aromatic carbocycles. The number of aromatic nitrogens is 4. The largest absolute Gasteiger partial charge is 0.573 e. The Morgan fingerprint density at radius 3 is 2.68 bits per heavy atom. The van der Waals surface area contributed by atoms with Crippen LogP contribution in [0.4, 0.5) is 13.2 Å². The zero-order valence-electron chi connectivity index (χ0n) is 15.6. The number of aromatic amines is 1. The van der Waals surface area contributed by atoms with Crippen LogP contribution in [-0.2, 0) is 6.42 Å². The number of benzene rings is 2. The first-order valence-electron chi connectivity index (χ1n) is 8.85. The van der Waals surface area contributed by atoms with Gasteiger partial charge in [0, 0.05) is 12.0 Å². The molecule has 0 aliphatic carbocycles. The zero-order chi connectivity index (χ0) is 22.2. The first-order chi connectivity index (χ1) is 14.7. The Balaban J connectivity index is 1.77. The van der Waals surface area contributed by atoms with Crippen molar-refractivity contribution in [3.05, 3.63) is 82.0 Å². The topological polar surface area (TPSA) is 110 Å². The van der Waals surface area contributed by atoms with Gasteiger partial charge in [0.25, 0.3) is 5.56 Å². The molecule has 0 spiro atoms. The van der Waals surface area contributed by atoms with Crippen LogP contribution in [0.3, 0.4) is 0 Å². The monoisotopic (exact) mass is 430 g/mol. The number of halogens is 3. The molecule has 0 fully saturated rings. The predicted molar refractivity (Wildman–Crippen MR) is 102 cm³/mol. The lowest BCUT2D eigenvalue weighted by atomic mass is 10.1. The Hall–Kier alpha value is -4.15. The maximum Gasteiger partial charge on any atom is 0.573 e. The third kappa shape index (κ3) is 4.25. The first kappa shape index (κ1) is 20.1. The number of H-pyrrole nitrogens is 1. The van der Waals surface area contributed by atoms with Gasteiger partial charge in [-0.1, -0.05) is 24.3 Å². The second kappa shape index (κ2) is 7.59. The highest BCUT2D eigenvalue weighted by Crippen LogP contribution is 2.27. The van der Waals surface area contributed by atoms with E-state index in [0.717, 1.165) is 0 Å². The van der Waals surface area contributed by atoms with Crippen molar-refractivity contribution < 1.29 is 27.8 Å². The van der Waals surface area contributed by atoms with Crippen molar-refractivity contribution in [3.8, 4) is 11.4 Å². The molecule has 2 heterocycles.